The first kappa shape index (κ1) is 29.1. The fraction of sp³-hybridized carbons (Fsp3) is 0.320. The van der Waals surface area contributed by atoms with Crippen LogP contribution in [-0.4, -0.2) is 65.2 Å². The average molecular weight is 553 g/mol. The van der Waals surface area contributed by atoms with Gasteiger partial charge in [0.15, 0.2) is 23.2 Å². The normalized spacial score (nSPS) is 14.3. The number of benzene rings is 2. The third-order valence-electron chi connectivity index (χ3n) is 5.89. The van der Waals surface area contributed by atoms with Crippen molar-refractivity contribution >= 4 is 35.2 Å². The van der Waals surface area contributed by atoms with Crippen LogP contribution in [0.1, 0.15) is 19.3 Å². The molecule has 0 saturated carbocycles. The lowest BCUT2D eigenvalue weighted by Gasteiger charge is -2.31. The number of hydrogen-bond acceptors (Lipinski definition) is 6. The van der Waals surface area contributed by atoms with Gasteiger partial charge in [-0.25, -0.2) is 8.78 Å². The van der Waals surface area contributed by atoms with E-state index in [9.17, 15) is 41.5 Å². The Morgan fingerprint density at radius 2 is 1.56 bits per heavy atom. The highest BCUT2D eigenvalue weighted by Crippen LogP contribution is 2.26. The summed E-state index contributed by atoms with van der Waals surface area (Å²) in [7, 11) is 0. The number of nitrogens with one attached hydrogen (secondary N) is 2. The molecular weight excluding hydrogens is 530 g/mol. The third-order valence-corrected chi connectivity index (χ3v) is 5.89. The Kier molecular flexibility index (Phi) is 9.57. The van der Waals surface area contributed by atoms with Crippen molar-refractivity contribution in [2.45, 2.75) is 25.3 Å². The predicted molar refractivity (Wildman–Crippen MR) is 125 cm³/mol. The van der Waals surface area contributed by atoms with Crippen molar-refractivity contribution in [2.75, 3.05) is 25.0 Å². The highest BCUT2D eigenvalue weighted by molar-refractivity contribution is 6.39. The maximum absolute atomic E-state index is 13.8. The molecule has 1 fully saturated rings. The van der Waals surface area contributed by atoms with Gasteiger partial charge in [0.05, 0.1) is 6.42 Å². The lowest BCUT2D eigenvalue weighted by Crippen LogP contribution is -2.50. The highest BCUT2D eigenvalue weighted by atomic mass is 19.2. The summed E-state index contributed by atoms with van der Waals surface area (Å²) in [6.45, 7) is -1.13. The van der Waals surface area contributed by atoms with Crippen LogP contribution in [0.4, 0.5) is 23.2 Å². The van der Waals surface area contributed by atoms with Gasteiger partial charge in [-0.1, -0.05) is 18.2 Å². The van der Waals surface area contributed by atoms with Gasteiger partial charge in [-0.3, -0.25) is 24.0 Å². The van der Waals surface area contributed by atoms with Gasteiger partial charge in [-0.05, 0) is 25.0 Å². The molecule has 0 aromatic heterocycles. The molecule has 2 aromatic carbocycles. The van der Waals surface area contributed by atoms with Gasteiger partial charge in [-0.2, -0.15) is 8.78 Å². The number of hydrogen-bond donors (Lipinski definition) is 3. The lowest BCUT2D eigenvalue weighted by molar-refractivity contribution is -0.145. The molecule has 3 N–H and O–H groups in total. The van der Waals surface area contributed by atoms with E-state index in [2.05, 4.69) is 15.4 Å². The molecular formula is C25H23F4N3O7. The first-order valence-electron chi connectivity index (χ1n) is 11.6. The number of anilines is 1. The summed E-state index contributed by atoms with van der Waals surface area (Å²) in [6.07, 6.45) is -0.716. The number of carbonyl (C=O) groups is 5. The van der Waals surface area contributed by atoms with E-state index in [0.717, 1.165) is 0 Å². The summed E-state index contributed by atoms with van der Waals surface area (Å²) >= 11 is 0. The van der Waals surface area contributed by atoms with Crippen molar-refractivity contribution in [2.24, 2.45) is 5.92 Å². The van der Waals surface area contributed by atoms with Crippen molar-refractivity contribution in [1.29, 1.82) is 0 Å². The van der Waals surface area contributed by atoms with Crippen LogP contribution >= 0.6 is 0 Å². The number of likely N-dealkylation sites (tertiary alicyclic amines) is 1. The van der Waals surface area contributed by atoms with Crippen LogP contribution in [0, 0.1) is 29.2 Å². The SMILES string of the molecule is O=C(O)CC(NC(=O)C1CCN(C(=O)C(=O)Nc2ccccc2)CC1)C(=O)COc1c(F)c(F)cc(F)c1F. The minimum atomic E-state index is -1.89. The standard InChI is InChI=1S/C25H23F4N3O7/c26-15-10-16(27)21(29)22(20(15)28)39-12-18(33)17(11-19(34)35)31-23(36)13-6-8-32(9-7-13)25(38)24(37)30-14-4-2-1-3-5-14/h1-5,10,13,17H,6-9,11-12H2,(H,30,37)(H,31,36)(H,34,35). The van der Waals surface area contributed by atoms with E-state index < -0.39 is 83.5 Å². The molecule has 3 rings (SSSR count). The van der Waals surface area contributed by atoms with Crippen LogP contribution in [0.5, 0.6) is 5.75 Å². The molecule has 208 valence electrons. The van der Waals surface area contributed by atoms with Gasteiger partial charge in [0.25, 0.3) is 0 Å². The zero-order valence-corrected chi connectivity index (χ0v) is 20.2. The molecule has 0 aliphatic carbocycles. The molecule has 10 nitrogen and oxygen atoms in total. The summed E-state index contributed by atoms with van der Waals surface area (Å²) in [5, 5.41) is 13.8. The smallest absolute Gasteiger partial charge is 0.313 e. The number of halogens is 4. The van der Waals surface area contributed by atoms with Gasteiger partial charge >= 0.3 is 17.8 Å². The van der Waals surface area contributed by atoms with E-state index in [4.69, 9.17) is 5.11 Å². The maximum Gasteiger partial charge on any atom is 0.313 e. The molecule has 1 atom stereocenters. The predicted octanol–water partition coefficient (Wildman–Crippen LogP) is 2.03. The summed E-state index contributed by atoms with van der Waals surface area (Å²) in [5.74, 6) is -14.6. The summed E-state index contributed by atoms with van der Waals surface area (Å²) in [4.78, 5) is 62.3. The van der Waals surface area contributed by atoms with E-state index in [1.807, 2.05) is 0 Å². The topological polar surface area (TPSA) is 142 Å². The fourth-order valence-corrected chi connectivity index (χ4v) is 3.83. The Hall–Kier alpha value is -4.49. The average Bonchev–Trinajstić information content (AvgIpc) is 2.91. The Morgan fingerprint density at radius 1 is 0.974 bits per heavy atom. The van der Waals surface area contributed by atoms with Crippen LogP contribution in [0.25, 0.3) is 0 Å². The van der Waals surface area contributed by atoms with E-state index >= 15 is 0 Å². The molecule has 1 saturated heterocycles. The van der Waals surface area contributed by atoms with Crippen LogP contribution < -0.4 is 15.4 Å². The molecule has 3 amide bonds. The van der Waals surface area contributed by atoms with Gasteiger partial charge < -0.3 is 25.4 Å². The van der Waals surface area contributed by atoms with E-state index in [-0.39, 0.29) is 32.0 Å². The second-order valence-electron chi connectivity index (χ2n) is 8.60. The summed E-state index contributed by atoms with van der Waals surface area (Å²) < 4.78 is 58.8. The fourth-order valence-electron chi connectivity index (χ4n) is 3.83. The number of rotatable bonds is 9. The Bertz CT molecular complexity index is 1240. The van der Waals surface area contributed by atoms with Crippen molar-refractivity contribution in [3.05, 3.63) is 59.7 Å². The molecule has 0 radical (unpaired) electrons. The van der Waals surface area contributed by atoms with Crippen LogP contribution in [0.2, 0.25) is 0 Å². The zero-order chi connectivity index (χ0) is 28.7. The molecule has 1 aliphatic rings. The third kappa shape index (κ3) is 7.52. The van der Waals surface area contributed by atoms with Crippen LogP contribution in [0.3, 0.4) is 0 Å². The number of Topliss-reactive ketones (excluding diaryl/α,β-unsaturated/α-hetero) is 1. The first-order chi connectivity index (χ1) is 18.5. The molecule has 1 unspecified atom stereocenters. The molecule has 0 bridgehead atoms. The Morgan fingerprint density at radius 3 is 2.13 bits per heavy atom. The zero-order valence-electron chi connectivity index (χ0n) is 20.2. The maximum atomic E-state index is 13.8. The van der Waals surface area contributed by atoms with E-state index in [1.165, 1.54) is 4.90 Å². The minimum Gasteiger partial charge on any atom is -0.481 e. The second-order valence-corrected chi connectivity index (χ2v) is 8.60. The van der Waals surface area contributed by atoms with E-state index in [0.29, 0.717) is 5.69 Å². The minimum absolute atomic E-state index is 0.0312. The van der Waals surface area contributed by atoms with Crippen LogP contribution in [0.15, 0.2) is 36.4 Å². The van der Waals surface area contributed by atoms with E-state index in [1.54, 1.807) is 30.3 Å². The number of para-hydroxylation sites is 1. The van der Waals surface area contributed by atoms with Crippen LogP contribution in [-0.2, 0) is 24.0 Å². The number of piperidine rings is 1. The molecule has 2 aromatic rings. The number of ether oxygens (including phenoxy) is 1. The van der Waals surface area contributed by atoms with Crippen molar-refractivity contribution in [3.8, 4) is 5.75 Å². The molecule has 0 spiro atoms. The molecule has 39 heavy (non-hydrogen) atoms. The molecule has 14 heteroatoms. The number of carboxylic acids is 1. The largest absolute Gasteiger partial charge is 0.481 e. The van der Waals surface area contributed by atoms with Gasteiger partial charge in [0.2, 0.25) is 17.5 Å². The summed E-state index contributed by atoms with van der Waals surface area (Å²) in [5.41, 5.74) is 0.427. The lowest BCUT2D eigenvalue weighted by atomic mass is 9.95. The number of carboxylic acid groups (broad SMARTS) is 1. The Balaban J connectivity index is 1.56. The summed E-state index contributed by atoms with van der Waals surface area (Å²) in [6, 6.07) is 6.56. The number of nitrogens with zero attached hydrogens (tertiary/aromatic N) is 1. The first-order valence-corrected chi connectivity index (χ1v) is 11.6. The van der Waals surface area contributed by atoms with Crippen molar-refractivity contribution in [3.63, 3.8) is 0 Å². The van der Waals surface area contributed by atoms with Crippen molar-refractivity contribution < 1.29 is 51.4 Å². The van der Waals surface area contributed by atoms with Crippen molar-refractivity contribution in [1.82, 2.24) is 10.2 Å². The Labute approximate surface area is 218 Å². The second kappa shape index (κ2) is 12.8. The number of amides is 3. The van der Waals surface area contributed by atoms with Gasteiger partial charge in [-0.15, -0.1) is 0 Å². The molecule has 1 aliphatic heterocycles. The highest BCUT2D eigenvalue weighted by Gasteiger charge is 2.33. The van der Waals surface area contributed by atoms with Gasteiger partial charge in [0.1, 0.15) is 12.6 Å². The number of aliphatic carboxylic acids is 1. The number of ketones is 1. The quantitative estimate of drug-likeness (QED) is 0.245. The number of carbonyl (C=O) groups excluding carboxylic acids is 4. The molecule has 1 heterocycles. The monoisotopic (exact) mass is 553 g/mol. The van der Waals surface area contributed by atoms with Gasteiger partial charge in [0, 0.05) is 30.8 Å².